The standard InChI is InChI=1S/C11H19BrN4.ClH/c1-15-11(10(12)7-14-15)8-16-4-2-9(6-13)3-5-16;/h7,9H,2-6,8,13H2,1H3;1H. The first-order valence-corrected chi connectivity index (χ1v) is 6.58. The van der Waals surface area contributed by atoms with Crippen LogP contribution < -0.4 is 5.73 Å². The number of nitrogens with two attached hydrogens (primary N) is 1. The minimum atomic E-state index is 0. The molecule has 1 aliphatic rings. The molecule has 1 fully saturated rings. The number of halogens is 2. The normalized spacial score (nSPS) is 18.1. The molecule has 4 nitrogen and oxygen atoms in total. The predicted octanol–water partition coefficient (Wildman–Crippen LogP) is 1.78. The molecule has 1 aromatic rings. The largest absolute Gasteiger partial charge is 0.330 e. The van der Waals surface area contributed by atoms with Gasteiger partial charge in [-0.3, -0.25) is 9.58 Å². The Bertz CT molecular complexity index is 328. The Morgan fingerprint density at radius 2 is 2.12 bits per heavy atom. The molecule has 0 radical (unpaired) electrons. The van der Waals surface area contributed by atoms with Crippen LogP contribution in [0, 0.1) is 5.92 Å². The Kier molecular flexibility index (Phi) is 5.92. The summed E-state index contributed by atoms with van der Waals surface area (Å²) < 4.78 is 3.05. The highest BCUT2D eigenvalue weighted by Gasteiger charge is 2.19. The molecule has 1 aromatic heterocycles. The Labute approximate surface area is 117 Å². The zero-order valence-corrected chi connectivity index (χ0v) is 12.5. The minimum absolute atomic E-state index is 0. The zero-order chi connectivity index (χ0) is 11.5. The average molecular weight is 324 g/mol. The Morgan fingerprint density at radius 1 is 1.47 bits per heavy atom. The summed E-state index contributed by atoms with van der Waals surface area (Å²) in [5.74, 6) is 0.728. The molecule has 2 rings (SSSR count). The summed E-state index contributed by atoms with van der Waals surface area (Å²) in [7, 11) is 1.99. The van der Waals surface area contributed by atoms with Gasteiger partial charge in [-0.15, -0.1) is 12.4 Å². The van der Waals surface area contributed by atoms with Crippen LogP contribution >= 0.6 is 28.3 Å². The molecule has 0 bridgehead atoms. The first-order chi connectivity index (χ1) is 7.70. The first kappa shape index (κ1) is 15.0. The molecule has 0 spiro atoms. The molecular formula is C11H20BrClN4. The second-order valence-corrected chi connectivity index (χ2v) is 5.37. The van der Waals surface area contributed by atoms with E-state index in [9.17, 15) is 0 Å². The molecule has 0 atom stereocenters. The number of likely N-dealkylation sites (tertiary alicyclic amines) is 1. The molecular weight excluding hydrogens is 304 g/mol. The molecule has 6 heteroatoms. The van der Waals surface area contributed by atoms with Crippen molar-refractivity contribution in [2.75, 3.05) is 19.6 Å². The van der Waals surface area contributed by atoms with Gasteiger partial charge in [0.15, 0.2) is 0 Å². The number of piperidine rings is 1. The second-order valence-electron chi connectivity index (χ2n) is 4.52. The van der Waals surface area contributed by atoms with Crippen molar-refractivity contribution in [3.63, 3.8) is 0 Å². The summed E-state index contributed by atoms with van der Waals surface area (Å²) in [4.78, 5) is 2.48. The predicted molar refractivity (Wildman–Crippen MR) is 75.2 cm³/mol. The van der Waals surface area contributed by atoms with Crippen molar-refractivity contribution in [3.05, 3.63) is 16.4 Å². The van der Waals surface area contributed by atoms with E-state index in [0.29, 0.717) is 0 Å². The number of aryl methyl sites for hydroxylation is 1. The van der Waals surface area contributed by atoms with Gasteiger partial charge in [-0.1, -0.05) is 0 Å². The van der Waals surface area contributed by atoms with Gasteiger partial charge in [0.1, 0.15) is 0 Å². The van der Waals surface area contributed by atoms with Gasteiger partial charge < -0.3 is 5.73 Å². The fourth-order valence-corrected chi connectivity index (χ4v) is 2.68. The molecule has 2 N–H and O–H groups in total. The monoisotopic (exact) mass is 322 g/mol. The van der Waals surface area contributed by atoms with Crippen molar-refractivity contribution in [3.8, 4) is 0 Å². The quantitative estimate of drug-likeness (QED) is 0.922. The first-order valence-electron chi connectivity index (χ1n) is 5.79. The highest BCUT2D eigenvalue weighted by Crippen LogP contribution is 2.21. The van der Waals surface area contributed by atoms with Crippen LogP contribution in [0.5, 0.6) is 0 Å². The van der Waals surface area contributed by atoms with Gasteiger partial charge in [-0.25, -0.2) is 0 Å². The van der Waals surface area contributed by atoms with Gasteiger partial charge in [0.2, 0.25) is 0 Å². The summed E-state index contributed by atoms with van der Waals surface area (Å²) in [6.07, 6.45) is 4.32. The van der Waals surface area contributed by atoms with Crippen LogP contribution in [-0.4, -0.2) is 34.3 Å². The summed E-state index contributed by atoms with van der Waals surface area (Å²) >= 11 is 3.54. The lowest BCUT2D eigenvalue weighted by molar-refractivity contribution is 0.176. The Morgan fingerprint density at radius 3 is 2.59 bits per heavy atom. The van der Waals surface area contributed by atoms with Crippen molar-refractivity contribution in [2.45, 2.75) is 19.4 Å². The maximum absolute atomic E-state index is 5.69. The Balaban J connectivity index is 0.00000144. The lowest BCUT2D eigenvalue weighted by Gasteiger charge is -2.31. The van der Waals surface area contributed by atoms with Gasteiger partial charge in [0.25, 0.3) is 0 Å². The van der Waals surface area contributed by atoms with Gasteiger partial charge in [0.05, 0.1) is 16.4 Å². The van der Waals surface area contributed by atoms with Crippen LogP contribution in [0.25, 0.3) is 0 Å². The van der Waals surface area contributed by atoms with Crippen molar-refractivity contribution in [2.24, 2.45) is 18.7 Å². The molecule has 1 aliphatic heterocycles. The smallest absolute Gasteiger partial charge is 0.0663 e. The van der Waals surface area contributed by atoms with Crippen LogP contribution in [0.4, 0.5) is 0 Å². The van der Waals surface area contributed by atoms with Crippen LogP contribution in [0.15, 0.2) is 10.7 Å². The third-order valence-electron chi connectivity index (χ3n) is 3.42. The van der Waals surface area contributed by atoms with E-state index in [2.05, 4.69) is 25.9 Å². The highest BCUT2D eigenvalue weighted by molar-refractivity contribution is 9.10. The molecule has 98 valence electrons. The molecule has 17 heavy (non-hydrogen) atoms. The van der Waals surface area contributed by atoms with E-state index in [1.165, 1.54) is 18.5 Å². The fourth-order valence-electron chi connectivity index (χ4n) is 2.21. The molecule has 1 saturated heterocycles. The minimum Gasteiger partial charge on any atom is -0.330 e. The van der Waals surface area contributed by atoms with Crippen LogP contribution in [0.1, 0.15) is 18.5 Å². The number of nitrogens with zero attached hydrogens (tertiary/aromatic N) is 3. The van der Waals surface area contributed by atoms with E-state index < -0.39 is 0 Å². The second kappa shape index (κ2) is 6.73. The fraction of sp³-hybridized carbons (Fsp3) is 0.727. The molecule has 0 amide bonds. The van der Waals surface area contributed by atoms with E-state index in [-0.39, 0.29) is 12.4 Å². The van der Waals surface area contributed by atoms with Gasteiger partial charge in [-0.2, -0.15) is 5.10 Å². The zero-order valence-electron chi connectivity index (χ0n) is 10.1. The number of hydrogen-bond donors (Lipinski definition) is 1. The van der Waals surface area contributed by atoms with Gasteiger partial charge >= 0.3 is 0 Å². The van der Waals surface area contributed by atoms with E-state index in [1.807, 2.05) is 17.9 Å². The van der Waals surface area contributed by atoms with E-state index in [1.54, 1.807) is 0 Å². The molecule has 2 heterocycles. The van der Waals surface area contributed by atoms with Gasteiger partial charge in [0, 0.05) is 13.6 Å². The van der Waals surface area contributed by atoms with E-state index >= 15 is 0 Å². The average Bonchev–Trinajstić information content (AvgIpc) is 2.62. The van der Waals surface area contributed by atoms with Crippen molar-refractivity contribution >= 4 is 28.3 Å². The summed E-state index contributed by atoms with van der Waals surface area (Å²) in [6, 6.07) is 0. The lowest BCUT2D eigenvalue weighted by Crippen LogP contribution is -2.36. The molecule has 0 aromatic carbocycles. The summed E-state index contributed by atoms with van der Waals surface area (Å²) in [5, 5.41) is 4.24. The van der Waals surface area contributed by atoms with Crippen molar-refractivity contribution < 1.29 is 0 Å². The van der Waals surface area contributed by atoms with Crippen LogP contribution in [0.3, 0.4) is 0 Å². The molecule has 0 unspecified atom stereocenters. The third kappa shape index (κ3) is 3.68. The van der Waals surface area contributed by atoms with Crippen LogP contribution in [0.2, 0.25) is 0 Å². The molecule has 0 saturated carbocycles. The summed E-state index contributed by atoms with van der Waals surface area (Å²) in [5.41, 5.74) is 6.95. The summed E-state index contributed by atoms with van der Waals surface area (Å²) in [6.45, 7) is 4.12. The van der Waals surface area contributed by atoms with Crippen LogP contribution in [-0.2, 0) is 13.6 Å². The molecule has 0 aliphatic carbocycles. The number of aromatic nitrogens is 2. The number of rotatable bonds is 3. The van der Waals surface area contributed by atoms with E-state index in [0.717, 1.165) is 36.6 Å². The lowest BCUT2D eigenvalue weighted by atomic mass is 9.97. The maximum Gasteiger partial charge on any atom is 0.0663 e. The number of hydrogen-bond acceptors (Lipinski definition) is 3. The van der Waals surface area contributed by atoms with Crippen molar-refractivity contribution in [1.82, 2.24) is 14.7 Å². The third-order valence-corrected chi connectivity index (χ3v) is 4.09. The maximum atomic E-state index is 5.69. The van der Waals surface area contributed by atoms with Crippen molar-refractivity contribution in [1.29, 1.82) is 0 Å². The van der Waals surface area contributed by atoms with E-state index in [4.69, 9.17) is 5.73 Å². The Hall–Kier alpha value is -0.100. The SMILES string of the molecule is Cl.Cn1ncc(Br)c1CN1CCC(CN)CC1. The highest BCUT2D eigenvalue weighted by atomic mass is 79.9. The van der Waals surface area contributed by atoms with Gasteiger partial charge in [-0.05, 0) is 54.3 Å². The topological polar surface area (TPSA) is 47.1 Å².